The van der Waals surface area contributed by atoms with Crippen molar-refractivity contribution >= 4 is 0 Å². The number of allylic oxidation sites excluding steroid dienone is 3. The van der Waals surface area contributed by atoms with Gasteiger partial charge in [0.05, 0.1) is 7.11 Å². The Kier molecular flexibility index (Phi) is 4.12. The van der Waals surface area contributed by atoms with Crippen LogP contribution in [0.25, 0.3) is 0 Å². The molecule has 0 atom stereocenters. The maximum absolute atomic E-state index is 5.17. The molecule has 0 aromatic carbocycles. The molecule has 0 aliphatic heterocycles. The normalized spacial score (nSPS) is 11.6. The van der Waals surface area contributed by atoms with Crippen LogP contribution in [-0.2, 0) is 4.74 Å². The van der Waals surface area contributed by atoms with Crippen LogP contribution in [0.3, 0.4) is 0 Å². The Hall–Kier alpha value is -1.24. The van der Waals surface area contributed by atoms with Gasteiger partial charge in [0.15, 0.2) is 0 Å². The molecule has 0 spiro atoms. The van der Waals surface area contributed by atoms with E-state index in [0.717, 1.165) is 22.5 Å². The molecule has 0 aromatic rings. The first-order chi connectivity index (χ1) is 5.54. The summed E-state index contributed by atoms with van der Waals surface area (Å²) < 4.78 is 5.17. The zero-order chi connectivity index (χ0) is 9.72. The van der Waals surface area contributed by atoms with Gasteiger partial charge in [-0.3, -0.25) is 0 Å². The van der Waals surface area contributed by atoms with Crippen molar-refractivity contribution in [2.45, 2.75) is 13.8 Å². The lowest BCUT2D eigenvalue weighted by molar-refractivity contribution is 0.299. The van der Waals surface area contributed by atoms with E-state index in [2.05, 4.69) is 19.7 Å². The molecular weight excluding hydrogens is 148 g/mol. The van der Waals surface area contributed by atoms with Gasteiger partial charge in [0.2, 0.25) is 0 Å². The summed E-state index contributed by atoms with van der Waals surface area (Å²) in [4.78, 5) is 0. The van der Waals surface area contributed by atoms with E-state index in [9.17, 15) is 0 Å². The Balaban J connectivity index is 4.92. The van der Waals surface area contributed by atoms with Gasteiger partial charge in [-0.15, -0.1) is 0 Å². The third kappa shape index (κ3) is 2.42. The van der Waals surface area contributed by atoms with Gasteiger partial charge < -0.3 is 4.74 Å². The smallest absolute Gasteiger partial charge is 0.128 e. The first-order valence-electron chi connectivity index (χ1n) is 3.77. The van der Waals surface area contributed by atoms with Crippen LogP contribution in [0, 0.1) is 0 Å². The number of ether oxygens (including phenoxy) is 1. The molecule has 0 aliphatic rings. The van der Waals surface area contributed by atoms with E-state index in [1.54, 1.807) is 13.2 Å². The first-order valence-corrected chi connectivity index (χ1v) is 3.77. The molecular formula is C11H16O. The summed E-state index contributed by atoms with van der Waals surface area (Å²) >= 11 is 0. The maximum atomic E-state index is 5.17. The molecule has 0 rings (SSSR count). The SMILES string of the molecule is C=C/C(C)=C(/OC)C(=C)C(=C)C. The van der Waals surface area contributed by atoms with Crippen molar-refractivity contribution in [1.82, 2.24) is 0 Å². The second-order valence-corrected chi connectivity index (χ2v) is 2.68. The van der Waals surface area contributed by atoms with E-state index >= 15 is 0 Å². The Labute approximate surface area is 74.7 Å². The van der Waals surface area contributed by atoms with Crippen molar-refractivity contribution in [1.29, 1.82) is 0 Å². The molecule has 1 heteroatoms. The van der Waals surface area contributed by atoms with Crippen LogP contribution in [-0.4, -0.2) is 7.11 Å². The molecule has 0 heterocycles. The fourth-order valence-electron chi connectivity index (χ4n) is 0.809. The topological polar surface area (TPSA) is 9.23 Å². The van der Waals surface area contributed by atoms with Gasteiger partial charge in [-0.1, -0.05) is 25.8 Å². The van der Waals surface area contributed by atoms with Crippen molar-refractivity contribution in [3.8, 4) is 0 Å². The zero-order valence-corrected chi connectivity index (χ0v) is 8.11. The first kappa shape index (κ1) is 10.8. The molecule has 0 radical (unpaired) electrons. The highest BCUT2D eigenvalue weighted by Crippen LogP contribution is 2.19. The largest absolute Gasteiger partial charge is 0.496 e. The van der Waals surface area contributed by atoms with Crippen LogP contribution in [0.2, 0.25) is 0 Å². The van der Waals surface area contributed by atoms with Gasteiger partial charge >= 0.3 is 0 Å². The summed E-state index contributed by atoms with van der Waals surface area (Å²) in [7, 11) is 1.62. The van der Waals surface area contributed by atoms with E-state index in [4.69, 9.17) is 4.74 Å². The number of rotatable bonds is 4. The summed E-state index contributed by atoms with van der Waals surface area (Å²) in [5.41, 5.74) is 2.72. The predicted octanol–water partition coefficient (Wildman–Crippen LogP) is 3.23. The Morgan fingerprint density at radius 1 is 1.25 bits per heavy atom. The fourth-order valence-corrected chi connectivity index (χ4v) is 0.809. The van der Waals surface area contributed by atoms with Crippen molar-refractivity contribution in [3.63, 3.8) is 0 Å². The van der Waals surface area contributed by atoms with E-state index in [-0.39, 0.29) is 0 Å². The Morgan fingerprint density at radius 2 is 1.75 bits per heavy atom. The van der Waals surface area contributed by atoms with Crippen molar-refractivity contribution in [2.24, 2.45) is 0 Å². The lowest BCUT2D eigenvalue weighted by Crippen LogP contribution is -1.95. The molecule has 0 N–H and O–H groups in total. The maximum Gasteiger partial charge on any atom is 0.128 e. The minimum Gasteiger partial charge on any atom is -0.496 e. The van der Waals surface area contributed by atoms with E-state index in [0.29, 0.717) is 0 Å². The molecule has 0 saturated heterocycles. The van der Waals surface area contributed by atoms with Gasteiger partial charge in [-0.05, 0) is 25.0 Å². The fraction of sp³-hybridized carbons (Fsp3) is 0.273. The number of methoxy groups -OCH3 is 1. The van der Waals surface area contributed by atoms with E-state index in [1.165, 1.54) is 0 Å². The van der Waals surface area contributed by atoms with Crippen LogP contribution in [0.15, 0.2) is 48.3 Å². The third-order valence-electron chi connectivity index (χ3n) is 1.66. The highest BCUT2D eigenvalue weighted by atomic mass is 16.5. The molecule has 0 aromatic heterocycles. The van der Waals surface area contributed by atoms with Gasteiger partial charge in [0, 0.05) is 5.57 Å². The average Bonchev–Trinajstić information content (AvgIpc) is 2.05. The molecule has 66 valence electrons. The molecule has 0 unspecified atom stereocenters. The van der Waals surface area contributed by atoms with E-state index in [1.807, 2.05) is 13.8 Å². The molecule has 0 fully saturated rings. The molecule has 0 saturated carbocycles. The average molecular weight is 164 g/mol. The standard InChI is InChI=1S/C11H16O/c1-7-9(4)11(12-6)10(5)8(2)3/h7H,1-2,5H2,3-4,6H3/b11-9+. The van der Waals surface area contributed by atoms with Crippen molar-refractivity contribution < 1.29 is 4.74 Å². The van der Waals surface area contributed by atoms with Crippen molar-refractivity contribution in [2.75, 3.05) is 7.11 Å². The highest BCUT2D eigenvalue weighted by molar-refractivity contribution is 5.43. The van der Waals surface area contributed by atoms with Crippen LogP contribution in [0.5, 0.6) is 0 Å². The van der Waals surface area contributed by atoms with Gasteiger partial charge in [0.25, 0.3) is 0 Å². The van der Waals surface area contributed by atoms with Gasteiger partial charge in [-0.25, -0.2) is 0 Å². The van der Waals surface area contributed by atoms with Gasteiger partial charge in [0.1, 0.15) is 5.76 Å². The van der Waals surface area contributed by atoms with Crippen LogP contribution in [0.4, 0.5) is 0 Å². The minimum absolute atomic E-state index is 0.762. The monoisotopic (exact) mass is 164 g/mol. The molecule has 12 heavy (non-hydrogen) atoms. The quantitative estimate of drug-likeness (QED) is 0.458. The third-order valence-corrected chi connectivity index (χ3v) is 1.66. The van der Waals surface area contributed by atoms with Crippen LogP contribution in [0.1, 0.15) is 13.8 Å². The van der Waals surface area contributed by atoms with Crippen LogP contribution >= 0.6 is 0 Å². The highest BCUT2D eigenvalue weighted by Gasteiger charge is 2.05. The summed E-state index contributed by atoms with van der Waals surface area (Å²) in [5.74, 6) is 0.762. The Bertz CT molecular complexity index is 244. The Morgan fingerprint density at radius 3 is 2.00 bits per heavy atom. The number of hydrogen-bond donors (Lipinski definition) is 0. The lowest BCUT2D eigenvalue weighted by Gasteiger charge is -2.11. The summed E-state index contributed by atoms with van der Waals surface area (Å²) in [6.45, 7) is 15.2. The molecule has 0 bridgehead atoms. The summed E-state index contributed by atoms with van der Waals surface area (Å²) in [6, 6.07) is 0. The van der Waals surface area contributed by atoms with Gasteiger partial charge in [-0.2, -0.15) is 0 Å². The molecule has 0 aliphatic carbocycles. The van der Waals surface area contributed by atoms with Crippen LogP contribution < -0.4 is 0 Å². The zero-order valence-electron chi connectivity index (χ0n) is 8.11. The summed E-state index contributed by atoms with van der Waals surface area (Å²) in [5, 5.41) is 0. The summed E-state index contributed by atoms with van der Waals surface area (Å²) in [6.07, 6.45) is 1.74. The van der Waals surface area contributed by atoms with E-state index < -0.39 is 0 Å². The minimum atomic E-state index is 0.762. The second-order valence-electron chi connectivity index (χ2n) is 2.68. The molecule has 0 amide bonds. The van der Waals surface area contributed by atoms with Crippen molar-refractivity contribution in [3.05, 3.63) is 48.3 Å². The predicted molar refractivity (Wildman–Crippen MR) is 53.9 cm³/mol. The second kappa shape index (κ2) is 4.60. The molecule has 1 nitrogen and oxygen atoms in total. The number of hydrogen-bond acceptors (Lipinski definition) is 1. The lowest BCUT2D eigenvalue weighted by atomic mass is 10.1.